The van der Waals surface area contributed by atoms with Crippen LogP contribution >= 0.6 is 11.8 Å². The predicted octanol–water partition coefficient (Wildman–Crippen LogP) is 1.43. The third-order valence-corrected chi connectivity index (χ3v) is 3.03. The molecule has 2 N–H and O–H groups in total. The molecule has 0 aliphatic rings. The molecule has 1 heterocycles. The highest BCUT2D eigenvalue weighted by Crippen LogP contribution is 2.06. The molecule has 0 bridgehead atoms. The van der Waals surface area contributed by atoms with Gasteiger partial charge in [0.2, 0.25) is 0 Å². The molecular formula is C10H19N3S. The van der Waals surface area contributed by atoms with Crippen LogP contribution < -0.4 is 5.73 Å². The lowest BCUT2D eigenvalue weighted by Gasteiger charge is -2.10. The van der Waals surface area contributed by atoms with Crippen molar-refractivity contribution in [2.24, 2.45) is 12.8 Å². The maximum absolute atomic E-state index is 5.98. The van der Waals surface area contributed by atoms with E-state index in [9.17, 15) is 0 Å². The van der Waals surface area contributed by atoms with Gasteiger partial charge in [0.25, 0.3) is 0 Å². The van der Waals surface area contributed by atoms with Crippen molar-refractivity contribution in [3.63, 3.8) is 0 Å². The Kier molecular flexibility index (Phi) is 5.04. The molecule has 0 aliphatic heterocycles. The lowest BCUT2D eigenvalue weighted by molar-refractivity contribution is 0.578. The summed E-state index contributed by atoms with van der Waals surface area (Å²) in [4.78, 5) is 0. The van der Waals surface area contributed by atoms with E-state index >= 15 is 0 Å². The summed E-state index contributed by atoms with van der Waals surface area (Å²) in [5.74, 6) is 1.16. The van der Waals surface area contributed by atoms with E-state index in [1.807, 2.05) is 29.7 Å². The second kappa shape index (κ2) is 6.09. The van der Waals surface area contributed by atoms with Gasteiger partial charge in [0.05, 0.1) is 0 Å². The molecule has 14 heavy (non-hydrogen) atoms. The van der Waals surface area contributed by atoms with Crippen molar-refractivity contribution in [1.82, 2.24) is 9.78 Å². The number of aromatic nitrogens is 2. The molecule has 1 aromatic heterocycles. The molecule has 4 heteroatoms. The Balaban J connectivity index is 2.23. The number of thioether (sulfide) groups is 1. The van der Waals surface area contributed by atoms with E-state index in [1.54, 1.807) is 0 Å². The van der Waals surface area contributed by atoms with Gasteiger partial charge in [-0.1, -0.05) is 0 Å². The van der Waals surface area contributed by atoms with E-state index in [4.69, 9.17) is 5.73 Å². The first-order valence-corrected chi connectivity index (χ1v) is 6.35. The number of hydrogen-bond acceptors (Lipinski definition) is 3. The zero-order valence-electron chi connectivity index (χ0n) is 8.94. The van der Waals surface area contributed by atoms with Gasteiger partial charge in [-0.25, -0.2) is 0 Å². The smallest absolute Gasteiger partial charge is 0.0492 e. The first-order valence-electron chi connectivity index (χ1n) is 4.95. The molecule has 1 atom stereocenters. The van der Waals surface area contributed by atoms with Gasteiger partial charge in [0.1, 0.15) is 0 Å². The van der Waals surface area contributed by atoms with Crippen molar-refractivity contribution in [3.8, 4) is 0 Å². The Hall–Kier alpha value is -0.480. The van der Waals surface area contributed by atoms with Crippen LogP contribution in [0.5, 0.6) is 0 Å². The summed E-state index contributed by atoms with van der Waals surface area (Å²) in [6, 6.07) is 2.39. The number of rotatable bonds is 6. The molecule has 1 unspecified atom stereocenters. The normalized spacial score (nSPS) is 13.1. The molecule has 80 valence electrons. The molecule has 1 aromatic rings. The summed E-state index contributed by atoms with van der Waals surface area (Å²) < 4.78 is 1.92. The summed E-state index contributed by atoms with van der Waals surface area (Å²) in [6.45, 7) is 0. The zero-order chi connectivity index (χ0) is 10.4. The summed E-state index contributed by atoms with van der Waals surface area (Å²) in [7, 11) is 1.97. The van der Waals surface area contributed by atoms with Gasteiger partial charge in [-0.3, -0.25) is 4.68 Å². The molecule has 0 aromatic carbocycles. The van der Waals surface area contributed by atoms with Crippen LogP contribution in [0.1, 0.15) is 18.5 Å². The second-order valence-corrected chi connectivity index (χ2v) is 4.51. The standard InChI is InChI=1S/C10H19N3S/c1-13-10(5-7-12-13)4-3-9(11)6-8-14-2/h5,7,9H,3-4,6,8,11H2,1-2H3. The first kappa shape index (κ1) is 11.6. The molecule has 0 aliphatic carbocycles. The SMILES string of the molecule is CSCCC(N)CCc1ccnn1C. The fourth-order valence-electron chi connectivity index (χ4n) is 1.39. The topological polar surface area (TPSA) is 43.8 Å². The van der Waals surface area contributed by atoms with Gasteiger partial charge in [-0.2, -0.15) is 16.9 Å². The van der Waals surface area contributed by atoms with Gasteiger partial charge < -0.3 is 5.73 Å². The van der Waals surface area contributed by atoms with Gasteiger partial charge in [-0.15, -0.1) is 0 Å². The van der Waals surface area contributed by atoms with E-state index in [2.05, 4.69) is 17.4 Å². The molecule has 0 fully saturated rings. The van der Waals surface area contributed by atoms with Gasteiger partial charge in [0.15, 0.2) is 0 Å². The summed E-state index contributed by atoms with van der Waals surface area (Å²) in [5.41, 5.74) is 7.25. The van der Waals surface area contributed by atoms with Crippen LogP contribution in [0.15, 0.2) is 12.3 Å². The Morgan fingerprint density at radius 1 is 1.57 bits per heavy atom. The molecule has 0 saturated heterocycles. The highest BCUT2D eigenvalue weighted by molar-refractivity contribution is 7.98. The van der Waals surface area contributed by atoms with E-state index in [1.165, 1.54) is 5.69 Å². The Morgan fingerprint density at radius 2 is 2.36 bits per heavy atom. The van der Waals surface area contributed by atoms with Gasteiger partial charge >= 0.3 is 0 Å². The van der Waals surface area contributed by atoms with E-state index in [0.717, 1.165) is 25.0 Å². The molecule has 0 amide bonds. The highest BCUT2D eigenvalue weighted by Gasteiger charge is 2.04. The fourth-order valence-corrected chi connectivity index (χ4v) is 1.93. The average Bonchev–Trinajstić information content (AvgIpc) is 2.58. The monoisotopic (exact) mass is 213 g/mol. The highest BCUT2D eigenvalue weighted by atomic mass is 32.2. The summed E-state index contributed by atoms with van der Waals surface area (Å²) >= 11 is 1.86. The maximum atomic E-state index is 5.98. The minimum absolute atomic E-state index is 0.331. The minimum atomic E-state index is 0.331. The number of hydrogen-bond donors (Lipinski definition) is 1. The molecule has 3 nitrogen and oxygen atoms in total. The largest absolute Gasteiger partial charge is 0.328 e. The average molecular weight is 213 g/mol. The van der Waals surface area contributed by atoms with Crippen LogP contribution in [-0.2, 0) is 13.5 Å². The lowest BCUT2D eigenvalue weighted by Crippen LogP contribution is -2.21. The third kappa shape index (κ3) is 3.72. The molecule has 0 radical (unpaired) electrons. The molecular weight excluding hydrogens is 194 g/mol. The van der Waals surface area contributed by atoms with Crippen LogP contribution in [0.25, 0.3) is 0 Å². The van der Waals surface area contributed by atoms with E-state index < -0.39 is 0 Å². The van der Waals surface area contributed by atoms with Gasteiger partial charge in [0, 0.05) is 25.0 Å². The Morgan fingerprint density at radius 3 is 2.93 bits per heavy atom. The number of nitrogens with two attached hydrogens (primary N) is 1. The molecule has 1 rings (SSSR count). The molecule has 0 saturated carbocycles. The van der Waals surface area contributed by atoms with Crippen molar-refractivity contribution >= 4 is 11.8 Å². The summed E-state index contributed by atoms with van der Waals surface area (Å²) in [6.07, 6.45) is 7.15. The van der Waals surface area contributed by atoms with E-state index in [0.29, 0.717) is 6.04 Å². The van der Waals surface area contributed by atoms with Crippen molar-refractivity contribution < 1.29 is 0 Å². The predicted molar refractivity (Wildman–Crippen MR) is 62.5 cm³/mol. The van der Waals surface area contributed by atoms with Gasteiger partial charge in [-0.05, 0) is 37.3 Å². The van der Waals surface area contributed by atoms with Crippen molar-refractivity contribution in [2.75, 3.05) is 12.0 Å². The van der Waals surface area contributed by atoms with E-state index in [-0.39, 0.29) is 0 Å². The second-order valence-electron chi connectivity index (χ2n) is 3.53. The minimum Gasteiger partial charge on any atom is -0.328 e. The van der Waals surface area contributed by atoms with Crippen molar-refractivity contribution in [3.05, 3.63) is 18.0 Å². The Labute approximate surface area is 90.1 Å². The molecule has 0 spiro atoms. The van der Waals surface area contributed by atoms with Crippen molar-refractivity contribution in [1.29, 1.82) is 0 Å². The third-order valence-electron chi connectivity index (χ3n) is 2.39. The quantitative estimate of drug-likeness (QED) is 0.777. The maximum Gasteiger partial charge on any atom is 0.0492 e. The Bertz CT molecular complexity index is 260. The lowest BCUT2D eigenvalue weighted by atomic mass is 10.1. The van der Waals surface area contributed by atoms with Crippen molar-refractivity contribution in [2.45, 2.75) is 25.3 Å². The first-order chi connectivity index (χ1) is 6.74. The van der Waals surface area contributed by atoms with Crippen LogP contribution in [0.3, 0.4) is 0 Å². The van der Waals surface area contributed by atoms with Crippen LogP contribution in [0.4, 0.5) is 0 Å². The zero-order valence-corrected chi connectivity index (χ0v) is 9.76. The number of aryl methyl sites for hydroxylation is 2. The summed E-state index contributed by atoms with van der Waals surface area (Å²) in [5, 5.41) is 4.13. The van der Waals surface area contributed by atoms with Crippen LogP contribution in [0.2, 0.25) is 0 Å². The van der Waals surface area contributed by atoms with Crippen LogP contribution in [0, 0.1) is 0 Å². The van der Waals surface area contributed by atoms with Crippen LogP contribution in [-0.4, -0.2) is 27.8 Å². The number of nitrogens with zero attached hydrogens (tertiary/aromatic N) is 2. The fraction of sp³-hybridized carbons (Fsp3) is 0.700.